The molecule has 0 fully saturated rings. The second kappa shape index (κ2) is 4.27. The number of ether oxygens (including phenoxy) is 1. The van der Waals surface area contributed by atoms with Crippen LogP contribution in [0.25, 0.3) is 0 Å². The van der Waals surface area contributed by atoms with Gasteiger partial charge in [-0.1, -0.05) is 11.6 Å². The Morgan fingerprint density at radius 1 is 1.47 bits per heavy atom. The summed E-state index contributed by atoms with van der Waals surface area (Å²) >= 11 is 5.42. The van der Waals surface area contributed by atoms with Crippen LogP contribution in [0.1, 0.15) is 10.4 Å². The zero-order valence-electron chi connectivity index (χ0n) is 7.58. The van der Waals surface area contributed by atoms with Gasteiger partial charge in [-0.15, -0.1) is 0 Å². The average Bonchev–Trinajstić information content (AvgIpc) is 2.20. The first-order valence-electron chi connectivity index (χ1n) is 3.78. The maximum atomic E-state index is 13.4. The molecule has 0 amide bonds. The van der Waals surface area contributed by atoms with Gasteiger partial charge in [-0.25, -0.2) is 9.18 Å². The Hall–Kier alpha value is -1.62. The smallest absolute Gasteiger partial charge is 0.377 e. The highest BCUT2D eigenvalue weighted by atomic mass is 35.5. The van der Waals surface area contributed by atoms with Gasteiger partial charge in [0.1, 0.15) is 11.3 Å². The van der Waals surface area contributed by atoms with Gasteiger partial charge in [0.05, 0.1) is 12.1 Å². The standard InChI is InChI=1S/C9H6ClFO4/c1-15-5-3-2-4(10)7(11)6(5)8(12)9(13)14/h2-3H,1H3,(H,13,14). The number of Topliss-reactive ketones (excluding diaryl/α,β-unsaturated/α-hetero) is 1. The highest BCUT2D eigenvalue weighted by Gasteiger charge is 2.25. The first-order valence-corrected chi connectivity index (χ1v) is 4.16. The summed E-state index contributed by atoms with van der Waals surface area (Å²) in [6.07, 6.45) is 0. The van der Waals surface area contributed by atoms with Gasteiger partial charge in [0.15, 0.2) is 5.82 Å². The van der Waals surface area contributed by atoms with Crippen molar-refractivity contribution >= 4 is 23.4 Å². The number of hydrogen-bond donors (Lipinski definition) is 1. The molecule has 15 heavy (non-hydrogen) atoms. The van der Waals surface area contributed by atoms with E-state index in [1.807, 2.05) is 0 Å². The van der Waals surface area contributed by atoms with E-state index in [1.165, 1.54) is 19.2 Å². The van der Waals surface area contributed by atoms with Crippen molar-refractivity contribution in [3.8, 4) is 5.75 Å². The third kappa shape index (κ3) is 2.07. The molecule has 0 aromatic heterocycles. The molecule has 1 aromatic rings. The summed E-state index contributed by atoms with van der Waals surface area (Å²) in [5, 5.41) is 8.12. The Labute approximate surface area is 89.2 Å². The van der Waals surface area contributed by atoms with Crippen LogP contribution < -0.4 is 4.74 Å². The first kappa shape index (κ1) is 11.5. The largest absolute Gasteiger partial charge is 0.496 e. The zero-order valence-corrected chi connectivity index (χ0v) is 8.34. The third-order valence-electron chi connectivity index (χ3n) is 1.70. The van der Waals surface area contributed by atoms with Crippen LogP contribution in [0, 0.1) is 5.82 Å². The van der Waals surface area contributed by atoms with Gasteiger partial charge < -0.3 is 9.84 Å². The molecular formula is C9H6ClFO4. The maximum absolute atomic E-state index is 13.4. The number of halogens is 2. The minimum absolute atomic E-state index is 0.163. The lowest BCUT2D eigenvalue weighted by atomic mass is 10.1. The van der Waals surface area contributed by atoms with Crippen molar-refractivity contribution < 1.29 is 23.8 Å². The summed E-state index contributed by atoms with van der Waals surface area (Å²) in [7, 11) is 1.20. The van der Waals surface area contributed by atoms with Crippen LogP contribution in [0.3, 0.4) is 0 Å². The topological polar surface area (TPSA) is 63.6 Å². The Morgan fingerprint density at radius 3 is 2.53 bits per heavy atom. The lowest BCUT2D eigenvalue weighted by Gasteiger charge is -2.07. The van der Waals surface area contributed by atoms with Crippen molar-refractivity contribution in [3.05, 3.63) is 28.5 Å². The quantitative estimate of drug-likeness (QED) is 0.637. The van der Waals surface area contributed by atoms with Crippen molar-refractivity contribution in [2.45, 2.75) is 0 Å². The molecule has 1 rings (SSSR count). The number of ketones is 1. The van der Waals surface area contributed by atoms with Crippen molar-refractivity contribution in [2.75, 3.05) is 7.11 Å². The molecule has 0 atom stereocenters. The predicted octanol–water partition coefficient (Wildman–Crippen LogP) is 1.76. The van der Waals surface area contributed by atoms with E-state index in [0.717, 1.165) is 0 Å². The molecule has 0 saturated carbocycles. The van der Waals surface area contributed by atoms with Crippen LogP contribution in [0.4, 0.5) is 4.39 Å². The normalized spacial score (nSPS) is 9.80. The van der Waals surface area contributed by atoms with E-state index in [0.29, 0.717) is 0 Å². The van der Waals surface area contributed by atoms with E-state index in [-0.39, 0.29) is 10.8 Å². The first-order chi connectivity index (χ1) is 6.99. The Kier molecular flexibility index (Phi) is 3.26. The Balaban J connectivity index is 3.42. The number of carbonyl (C=O) groups excluding carboxylic acids is 1. The summed E-state index contributed by atoms with van der Waals surface area (Å²) in [5.41, 5.74) is -0.669. The molecule has 0 aliphatic heterocycles. The van der Waals surface area contributed by atoms with E-state index < -0.39 is 23.1 Å². The van der Waals surface area contributed by atoms with Crippen molar-refractivity contribution in [2.24, 2.45) is 0 Å². The van der Waals surface area contributed by atoms with Gasteiger partial charge in [-0.3, -0.25) is 4.79 Å². The molecule has 6 heteroatoms. The second-order valence-corrected chi connectivity index (χ2v) is 2.98. The molecule has 0 radical (unpaired) electrons. The van der Waals surface area contributed by atoms with E-state index >= 15 is 0 Å². The molecule has 4 nitrogen and oxygen atoms in total. The molecule has 0 spiro atoms. The summed E-state index contributed by atoms with van der Waals surface area (Å²) in [4.78, 5) is 21.5. The van der Waals surface area contributed by atoms with Crippen LogP contribution in [0.2, 0.25) is 5.02 Å². The SMILES string of the molecule is COc1ccc(Cl)c(F)c1C(=O)C(=O)O. The number of hydrogen-bond acceptors (Lipinski definition) is 3. The van der Waals surface area contributed by atoms with Gasteiger partial charge >= 0.3 is 5.97 Å². The summed E-state index contributed by atoms with van der Waals surface area (Å²) in [6.45, 7) is 0. The minimum atomic E-state index is -1.77. The zero-order chi connectivity index (χ0) is 11.6. The average molecular weight is 233 g/mol. The summed E-state index contributed by atoms with van der Waals surface area (Å²) < 4.78 is 18.0. The number of methoxy groups -OCH3 is 1. The van der Waals surface area contributed by atoms with Gasteiger partial charge in [-0.2, -0.15) is 0 Å². The number of carboxylic acid groups (broad SMARTS) is 1. The summed E-state index contributed by atoms with van der Waals surface area (Å²) in [5.74, 6) is -4.42. The lowest BCUT2D eigenvalue weighted by Crippen LogP contribution is -2.16. The van der Waals surface area contributed by atoms with Gasteiger partial charge in [0, 0.05) is 0 Å². The van der Waals surface area contributed by atoms with Crippen LogP contribution >= 0.6 is 11.6 Å². The Morgan fingerprint density at radius 2 is 2.07 bits per heavy atom. The number of benzene rings is 1. The lowest BCUT2D eigenvalue weighted by molar-refractivity contribution is -0.131. The molecule has 0 heterocycles. The van der Waals surface area contributed by atoms with Crippen molar-refractivity contribution in [1.29, 1.82) is 0 Å². The van der Waals surface area contributed by atoms with Crippen LogP contribution in [-0.2, 0) is 4.79 Å². The van der Waals surface area contributed by atoms with Crippen LogP contribution in [-0.4, -0.2) is 24.0 Å². The highest BCUT2D eigenvalue weighted by Crippen LogP contribution is 2.27. The van der Waals surface area contributed by atoms with Gasteiger partial charge in [-0.05, 0) is 12.1 Å². The van der Waals surface area contributed by atoms with Gasteiger partial charge in [0.2, 0.25) is 0 Å². The second-order valence-electron chi connectivity index (χ2n) is 2.57. The van der Waals surface area contributed by atoms with E-state index in [4.69, 9.17) is 16.7 Å². The van der Waals surface area contributed by atoms with Crippen LogP contribution in [0.15, 0.2) is 12.1 Å². The number of carbonyl (C=O) groups is 2. The molecule has 0 unspecified atom stereocenters. The fourth-order valence-corrected chi connectivity index (χ4v) is 1.18. The summed E-state index contributed by atoms with van der Waals surface area (Å²) in [6, 6.07) is 2.40. The molecule has 1 N–H and O–H groups in total. The molecule has 0 bridgehead atoms. The maximum Gasteiger partial charge on any atom is 0.377 e. The molecule has 0 aliphatic rings. The fourth-order valence-electron chi connectivity index (χ4n) is 1.02. The van der Waals surface area contributed by atoms with Crippen molar-refractivity contribution in [1.82, 2.24) is 0 Å². The third-order valence-corrected chi connectivity index (χ3v) is 1.99. The monoisotopic (exact) mass is 232 g/mol. The fraction of sp³-hybridized carbons (Fsp3) is 0.111. The molecule has 1 aromatic carbocycles. The van der Waals surface area contributed by atoms with Crippen LogP contribution in [0.5, 0.6) is 5.75 Å². The molecule has 80 valence electrons. The van der Waals surface area contributed by atoms with E-state index in [1.54, 1.807) is 0 Å². The minimum Gasteiger partial charge on any atom is -0.496 e. The number of rotatable bonds is 3. The van der Waals surface area contributed by atoms with Crippen molar-refractivity contribution in [3.63, 3.8) is 0 Å². The molecular weight excluding hydrogens is 227 g/mol. The highest BCUT2D eigenvalue weighted by molar-refractivity contribution is 6.41. The molecule has 0 saturated heterocycles. The number of aliphatic carboxylic acids is 1. The van der Waals surface area contributed by atoms with E-state index in [2.05, 4.69) is 4.74 Å². The van der Waals surface area contributed by atoms with E-state index in [9.17, 15) is 14.0 Å². The predicted molar refractivity (Wildman–Crippen MR) is 49.9 cm³/mol. The van der Waals surface area contributed by atoms with Gasteiger partial charge in [0.25, 0.3) is 5.78 Å². The Bertz CT molecular complexity index is 430. The number of carboxylic acids is 1. The molecule has 0 aliphatic carbocycles.